The van der Waals surface area contributed by atoms with Crippen LogP contribution >= 0.6 is 0 Å². The first-order chi connectivity index (χ1) is 3.62. The van der Waals surface area contributed by atoms with Gasteiger partial charge in [-0.1, -0.05) is 45.8 Å². The molecule has 0 heterocycles. The Bertz CT molecular complexity index is 57.4. The van der Waals surface area contributed by atoms with Crippen molar-refractivity contribution in [1.29, 1.82) is 0 Å². The molecular weight excluding hydrogens is 94.9 g/mol. The van der Waals surface area contributed by atoms with E-state index in [9.17, 15) is 0 Å². The molecule has 0 amide bonds. The Balaban J connectivity index is 3.37. The molecule has 0 bridgehead atoms. The van der Waals surface area contributed by atoms with Gasteiger partial charge in [-0.25, -0.2) is 0 Å². The number of rotatable bonds is 3. The normalized spacial score (nSPS) is 11.5. The maximum atomic E-state index is 2.37. The van der Waals surface area contributed by atoms with Gasteiger partial charge in [0.2, 0.25) is 0 Å². The van der Waals surface area contributed by atoms with Gasteiger partial charge < -0.3 is 0 Å². The van der Waals surface area contributed by atoms with Gasteiger partial charge in [-0.05, 0) is 0 Å². The summed E-state index contributed by atoms with van der Waals surface area (Å²) in [7, 11) is 2.37. The van der Waals surface area contributed by atoms with Crippen molar-refractivity contribution in [2.75, 3.05) is 0 Å². The zero-order chi connectivity index (χ0) is 6.62. The molecular formula is C7H16B. The van der Waals surface area contributed by atoms with Gasteiger partial charge in [0.25, 0.3) is 0 Å². The van der Waals surface area contributed by atoms with E-state index in [1.165, 1.54) is 12.7 Å². The van der Waals surface area contributed by atoms with E-state index in [1.807, 2.05) is 0 Å². The van der Waals surface area contributed by atoms with E-state index in [2.05, 4.69) is 35.0 Å². The van der Waals surface area contributed by atoms with Crippen molar-refractivity contribution in [2.24, 2.45) is 0 Å². The third-order valence-electron chi connectivity index (χ3n) is 1.67. The van der Waals surface area contributed by atoms with E-state index in [0.29, 0.717) is 5.31 Å². The van der Waals surface area contributed by atoms with Gasteiger partial charge in [-0.2, -0.15) is 0 Å². The first-order valence-corrected chi connectivity index (χ1v) is 3.46. The molecule has 0 aromatic carbocycles. The largest absolute Gasteiger partial charge is 0.116 e. The summed E-state index contributed by atoms with van der Waals surface area (Å²) >= 11 is 0. The molecule has 0 aromatic heterocycles. The van der Waals surface area contributed by atoms with E-state index >= 15 is 0 Å². The van der Waals surface area contributed by atoms with Crippen LogP contribution in [0.4, 0.5) is 0 Å². The van der Waals surface area contributed by atoms with E-state index in [1.54, 1.807) is 0 Å². The van der Waals surface area contributed by atoms with Gasteiger partial charge in [0, 0.05) is 0 Å². The quantitative estimate of drug-likeness (QED) is 0.491. The van der Waals surface area contributed by atoms with Crippen LogP contribution < -0.4 is 0 Å². The number of hydrogen-bond donors (Lipinski definition) is 0. The molecule has 0 saturated carbocycles. The fourth-order valence-corrected chi connectivity index (χ4v) is 0.697. The molecule has 0 rings (SSSR count). The smallest absolute Gasteiger partial charge is 0.0824 e. The zero-order valence-corrected chi connectivity index (χ0v) is 6.49. The molecule has 0 saturated heterocycles. The SMILES string of the molecule is CC[B]C(C)(C)CC. The minimum absolute atomic E-state index is 0.467. The Hall–Kier alpha value is 0.0649. The van der Waals surface area contributed by atoms with Crippen LogP contribution in [0.3, 0.4) is 0 Å². The van der Waals surface area contributed by atoms with Gasteiger partial charge >= 0.3 is 0 Å². The lowest BCUT2D eigenvalue weighted by Gasteiger charge is -2.19. The fourth-order valence-electron chi connectivity index (χ4n) is 0.697. The molecule has 0 aliphatic heterocycles. The first kappa shape index (κ1) is 8.06. The summed E-state index contributed by atoms with van der Waals surface area (Å²) in [6.45, 7) is 8.97. The highest BCUT2D eigenvalue weighted by Gasteiger charge is 2.13. The summed E-state index contributed by atoms with van der Waals surface area (Å²) in [5.74, 6) is 0. The summed E-state index contributed by atoms with van der Waals surface area (Å²) in [5, 5.41) is 0.467. The van der Waals surface area contributed by atoms with E-state index < -0.39 is 0 Å². The van der Waals surface area contributed by atoms with Gasteiger partial charge in [0.15, 0.2) is 0 Å². The first-order valence-electron chi connectivity index (χ1n) is 3.46. The molecule has 0 aliphatic rings. The minimum Gasteiger partial charge on any atom is -0.0824 e. The second-order valence-corrected chi connectivity index (χ2v) is 2.95. The summed E-state index contributed by atoms with van der Waals surface area (Å²) in [6.07, 6.45) is 2.45. The molecule has 1 heteroatoms. The Morgan fingerprint density at radius 2 is 1.75 bits per heavy atom. The van der Waals surface area contributed by atoms with Crippen molar-refractivity contribution in [2.45, 2.75) is 45.8 Å². The summed E-state index contributed by atoms with van der Waals surface area (Å²) in [5.41, 5.74) is 0. The lowest BCUT2D eigenvalue weighted by Crippen LogP contribution is -2.09. The van der Waals surface area contributed by atoms with Crippen LogP contribution in [-0.2, 0) is 0 Å². The summed E-state index contributed by atoms with van der Waals surface area (Å²) in [6, 6.07) is 0. The van der Waals surface area contributed by atoms with E-state index in [-0.39, 0.29) is 0 Å². The van der Waals surface area contributed by atoms with Crippen LogP contribution in [0, 0.1) is 0 Å². The van der Waals surface area contributed by atoms with Crippen molar-refractivity contribution in [3.05, 3.63) is 0 Å². The summed E-state index contributed by atoms with van der Waals surface area (Å²) < 4.78 is 0. The highest BCUT2D eigenvalue weighted by molar-refractivity contribution is 6.39. The van der Waals surface area contributed by atoms with Crippen molar-refractivity contribution in [1.82, 2.24) is 0 Å². The molecule has 0 aromatic rings. The van der Waals surface area contributed by atoms with E-state index in [0.717, 1.165) is 0 Å². The predicted molar refractivity (Wildman–Crippen MR) is 40.6 cm³/mol. The molecule has 0 spiro atoms. The molecule has 0 aliphatic carbocycles. The second-order valence-electron chi connectivity index (χ2n) is 2.95. The van der Waals surface area contributed by atoms with Crippen LogP contribution in [0.1, 0.15) is 34.1 Å². The predicted octanol–water partition coefficient (Wildman–Crippen LogP) is 2.74. The molecule has 1 radical (unpaired) electrons. The van der Waals surface area contributed by atoms with Gasteiger partial charge in [-0.3, -0.25) is 0 Å². The van der Waals surface area contributed by atoms with Crippen LogP contribution in [0.2, 0.25) is 11.6 Å². The fraction of sp³-hybridized carbons (Fsp3) is 1.00. The molecule has 0 nitrogen and oxygen atoms in total. The average Bonchev–Trinajstić information content (AvgIpc) is 1.67. The van der Waals surface area contributed by atoms with Crippen molar-refractivity contribution in [3.8, 4) is 0 Å². The monoisotopic (exact) mass is 111 g/mol. The molecule has 0 unspecified atom stereocenters. The third-order valence-corrected chi connectivity index (χ3v) is 1.67. The van der Waals surface area contributed by atoms with Crippen molar-refractivity contribution >= 4 is 7.28 Å². The van der Waals surface area contributed by atoms with E-state index in [4.69, 9.17) is 0 Å². The third kappa shape index (κ3) is 3.12. The second kappa shape index (κ2) is 3.16. The molecule has 0 fully saturated rings. The molecule has 8 heavy (non-hydrogen) atoms. The van der Waals surface area contributed by atoms with Crippen molar-refractivity contribution < 1.29 is 0 Å². The number of hydrogen-bond acceptors (Lipinski definition) is 0. The van der Waals surface area contributed by atoms with Gasteiger partial charge in [-0.15, -0.1) is 0 Å². The lowest BCUT2D eigenvalue weighted by molar-refractivity contribution is 0.642. The molecule has 0 atom stereocenters. The van der Waals surface area contributed by atoms with Crippen LogP contribution in [-0.4, -0.2) is 7.28 Å². The maximum absolute atomic E-state index is 2.37. The van der Waals surface area contributed by atoms with Gasteiger partial charge in [0.05, 0.1) is 0 Å². The van der Waals surface area contributed by atoms with Crippen LogP contribution in [0.25, 0.3) is 0 Å². The highest BCUT2D eigenvalue weighted by Crippen LogP contribution is 2.27. The Morgan fingerprint density at radius 1 is 1.25 bits per heavy atom. The zero-order valence-electron chi connectivity index (χ0n) is 6.49. The van der Waals surface area contributed by atoms with Crippen molar-refractivity contribution in [3.63, 3.8) is 0 Å². The average molecular weight is 111 g/mol. The van der Waals surface area contributed by atoms with Crippen LogP contribution in [0.5, 0.6) is 0 Å². The minimum atomic E-state index is 0.467. The Labute approximate surface area is 53.9 Å². The molecule has 0 N–H and O–H groups in total. The maximum Gasteiger partial charge on any atom is 0.116 e. The Kier molecular flexibility index (Phi) is 3.19. The summed E-state index contributed by atoms with van der Waals surface area (Å²) in [4.78, 5) is 0. The topological polar surface area (TPSA) is 0 Å². The Morgan fingerprint density at radius 3 is 1.88 bits per heavy atom. The standard InChI is InChI=1S/C7H16B/c1-5-7(3,4)8-6-2/h5-6H2,1-4H3. The van der Waals surface area contributed by atoms with Gasteiger partial charge in [0.1, 0.15) is 7.28 Å². The lowest BCUT2D eigenvalue weighted by atomic mass is 9.52. The molecule has 47 valence electrons. The van der Waals surface area contributed by atoms with Crippen LogP contribution in [0.15, 0.2) is 0 Å². The highest BCUT2D eigenvalue weighted by atomic mass is 14.0.